The summed E-state index contributed by atoms with van der Waals surface area (Å²) < 4.78 is 8.79. The molecule has 0 unspecified atom stereocenters. The summed E-state index contributed by atoms with van der Waals surface area (Å²) in [4.78, 5) is 10.1. The molecule has 0 saturated carbocycles. The number of furan rings is 1. The molecule has 1 aliphatic rings. The number of benzene rings is 6. The summed E-state index contributed by atoms with van der Waals surface area (Å²) in [5.74, 6) is 1.62. The summed E-state index contributed by atoms with van der Waals surface area (Å²) in [7, 11) is 0. The molecule has 0 amide bonds. The summed E-state index contributed by atoms with van der Waals surface area (Å²) in [6.07, 6.45) is -0.371. The SMILES string of the molecule is c1ccc(C2=NC(c3ccc(-n4c5ccccc5c5c6oc7ccccc7c6ccc54)cc3)N=C(c3ccccc3)N2)cc1. The first-order chi connectivity index (χ1) is 21.8. The average Bonchev–Trinajstić information content (AvgIpc) is 3.65. The summed E-state index contributed by atoms with van der Waals surface area (Å²) in [6.45, 7) is 0. The van der Waals surface area contributed by atoms with Crippen molar-refractivity contribution in [2.24, 2.45) is 9.98 Å². The molecule has 0 radical (unpaired) electrons. The molecule has 1 N–H and O–H groups in total. The van der Waals surface area contributed by atoms with Crippen molar-refractivity contribution in [3.05, 3.63) is 162 Å². The Hall–Kier alpha value is -5.94. The van der Waals surface area contributed by atoms with Crippen molar-refractivity contribution in [2.45, 2.75) is 6.17 Å². The van der Waals surface area contributed by atoms with E-state index in [2.05, 4.69) is 107 Å². The number of hydrogen-bond donors (Lipinski definition) is 1. The van der Waals surface area contributed by atoms with Gasteiger partial charge in [0.05, 0.1) is 16.4 Å². The molecule has 3 heterocycles. The van der Waals surface area contributed by atoms with E-state index >= 15 is 0 Å². The molecule has 0 saturated heterocycles. The fourth-order valence-corrected chi connectivity index (χ4v) is 6.39. The van der Waals surface area contributed by atoms with E-state index in [0.29, 0.717) is 0 Å². The first kappa shape index (κ1) is 24.6. The predicted octanol–water partition coefficient (Wildman–Crippen LogP) is 9.18. The molecule has 0 atom stereocenters. The van der Waals surface area contributed by atoms with Crippen molar-refractivity contribution in [3.8, 4) is 5.69 Å². The second kappa shape index (κ2) is 9.82. The number of amidine groups is 2. The molecule has 0 fully saturated rings. The van der Waals surface area contributed by atoms with Crippen molar-refractivity contribution in [1.82, 2.24) is 9.88 Å². The average molecular weight is 567 g/mol. The standard InChI is InChI=1S/C39H26N4O/c1-3-11-25(12-4-1)37-40-38(26-13-5-2-6-14-26)42-39(41-37)27-19-21-28(22-20-27)43-32-17-9-7-16-31(32)35-33(43)24-23-30-29-15-8-10-18-34(29)44-36(30)35/h1-24,39H,(H,40,41,42). The molecule has 208 valence electrons. The molecule has 2 aromatic heterocycles. The van der Waals surface area contributed by atoms with Crippen LogP contribution in [0.3, 0.4) is 0 Å². The lowest BCUT2D eigenvalue weighted by atomic mass is 10.1. The number of nitrogens with zero attached hydrogens (tertiary/aromatic N) is 3. The van der Waals surface area contributed by atoms with Crippen LogP contribution in [0, 0.1) is 0 Å². The van der Waals surface area contributed by atoms with Crippen LogP contribution in [0.1, 0.15) is 22.9 Å². The topological polar surface area (TPSA) is 54.8 Å². The molecular formula is C39H26N4O. The highest BCUT2D eigenvalue weighted by molar-refractivity contribution is 6.23. The van der Waals surface area contributed by atoms with Crippen LogP contribution in [-0.4, -0.2) is 16.2 Å². The smallest absolute Gasteiger partial charge is 0.169 e. The van der Waals surface area contributed by atoms with Gasteiger partial charge >= 0.3 is 0 Å². The Kier molecular flexibility index (Phi) is 5.50. The number of nitrogens with one attached hydrogen (secondary N) is 1. The highest BCUT2D eigenvalue weighted by atomic mass is 16.3. The van der Waals surface area contributed by atoms with Crippen molar-refractivity contribution >= 4 is 55.4 Å². The molecule has 0 aliphatic carbocycles. The Morgan fingerprint density at radius 3 is 1.84 bits per heavy atom. The second-order valence-corrected chi connectivity index (χ2v) is 11.1. The van der Waals surface area contributed by atoms with Gasteiger partial charge in [0.15, 0.2) is 6.17 Å². The molecule has 0 bridgehead atoms. The van der Waals surface area contributed by atoms with Crippen molar-refractivity contribution in [2.75, 3.05) is 0 Å². The number of rotatable bonds is 4. The summed E-state index contributed by atoms with van der Waals surface area (Å²) >= 11 is 0. The van der Waals surface area contributed by atoms with Crippen molar-refractivity contribution in [3.63, 3.8) is 0 Å². The predicted molar refractivity (Wildman–Crippen MR) is 180 cm³/mol. The lowest BCUT2D eigenvalue weighted by molar-refractivity contribution is 0.673. The van der Waals surface area contributed by atoms with Gasteiger partial charge in [0.25, 0.3) is 0 Å². The van der Waals surface area contributed by atoms with Crippen molar-refractivity contribution < 1.29 is 4.42 Å². The second-order valence-electron chi connectivity index (χ2n) is 11.1. The molecular weight excluding hydrogens is 540 g/mol. The molecule has 1 aliphatic heterocycles. The fraction of sp³-hybridized carbons (Fsp3) is 0.0256. The van der Waals surface area contributed by atoms with Gasteiger partial charge in [0.1, 0.15) is 22.8 Å². The molecule has 9 rings (SSSR count). The summed E-state index contributed by atoms with van der Waals surface area (Å²) in [5.41, 5.74) is 8.24. The number of hydrogen-bond acceptors (Lipinski definition) is 4. The fourth-order valence-electron chi connectivity index (χ4n) is 6.39. The highest BCUT2D eigenvalue weighted by Crippen LogP contribution is 2.40. The molecule has 8 aromatic rings. The first-order valence-electron chi connectivity index (χ1n) is 14.8. The van der Waals surface area contributed by atoms with Gasteiger partial charge < -0.3 is 14.3 Å². The van der Waals surface area contributed by atoms with Gasteiger partial charge in [-0.25, -0.2) is 9.98 Å². The van der Waals surface area contributed by atoms with Crippen LogP contribution in [0.4, 0.5) is 0 Å². The summed E-state index contributed by atoms with van der Waals surface area (Å²) in [6, 6.07) is 50.3. The molecule has 44 heavy (non-hydrogen) atoms. The van der Waals surface area contributed by atoms with E-state index in [9.17, 15) is 0 Å². The van der Waals surface area contributed by atoms with Gasteiger partial charge in [-0.2, -0.15) is 0 Å². The van der Waals surface area contributed by atoms with Crippen LogP contribution >= 0.6 is 0 Å². The Bertz CT molecular complexity index is 2340. The van der Waals surface area contributed by atoms with E-state index in [0.717, 1.165) is 72.4 Å². The van der Waals surface area contributed by atoms with E-state index in [1.807, 2.05) is 48.5 Å². The zero-order valence-corrected chi connectivity index (χ0v) is 23.7. The maximum Gasteiger partial charge on any atom is 0.169 e. The molecule has 5 nitrogen and oxygen atoms in total. The van der Waals surface area contributed by atoms with Crippen LogP contribution < -0.4 is 5.32 Å². The normalized spacial score (nSPS) is 13.8. The van der Waals surface area contributed by atoms with Crippen LogP contribution in [-0.2, 0) is 0 Å². The maximum atomic E-state index is 6.47. The first-order valence-corrected chi connectivity index (χ1v) is 14.8. The third kappa shape index (κ3) is 3.87. The monoisotopic (exact) mass is 566 g/mol. The third-order valence-corrected chi connectivity index (χ3v) is 8.46. The maximum absolute atomic E-state index is 6.47. The number of aromatic nitrogens is 1. The minimum Gasteiger partial charge on any atom is -0.455 e. The lowest BCUT2D eigenvalue weighted by Gasteiger charge is -2.22. The third-order valence-electron chi connectivity index (χ3n) is 8.46. The van der Waals surface area contributed by atoms with Gasteiger partial charge in [-0.3, -0.25) is 0 Å². The number of aliphatic imine (C=N–C) groups is 2. The zero-order chi connectivity index (χ0) is 29.0. The van der Waals surface area contributed by atoms with Crippen LogP contribution in [0.15, 0.2) is 160 Å². The number of fused-ring (bicyclic) bond motifs is 7. The van der Waals surface area contributed by atoms with Gasteiger partial charge in [-0.05, 0) is 42.0 Å². The van der Waals surface area contributed by atoms with Gasteiger partial charge in [-0.15, -0.1) is 0 Å². The Labute approximate surface area is 253 Å². The van der Waals surface area contributed by atoms with E-state index in [1.54, 1.807) is 0 Å². The highest BCUT2D eigenvalue weighted by Gasteiger charge is 2.22. The van der Waals surface area contributed by atoms with Crippen LogP contribution in [0.5, 0.6) is 0 Å². The van der Waals surface area contributed by atoms with Gasteiger partial charge in [0.2, 0.25) is 0 Å². The largest absolute Gasteiger partial charge is 0.455 e. The van der Waals surface area contributed by atoms with Crippen LogP contribution in [0.25, 0.3) is 49.4 Å². The lowest BCUT2D eigenvalue weighted by Crippen LogP contribution is -2.35. The van der Waals surface area contributed by atoms with E-state index in [4.69, 9.17) is 14.4 Å². The van der Waals surface area contributed by atoms with Gasteiger partial charge in [0, 0.05) is 33.0 Å². The molecule has 5 heteroatoms. The minimum atomic E-state index is -0.371. The number of para-hydroxylation sites is 2. The zero-order valence-electron chi connectivity index (χ0n) is 23.7. The minimum absolute atomic E-state index is 0.371. The Morgan fingerprint density at radius 2 is 1.14 bits per heavy atom. The van der Waals surface area contributed by atoms with E-state index in [-0.39, 0.29) is 6.17 Å². The molecule has 6 aromatic carbocycles. The van der Waals surface area contributed by atoms with Crippen LogP contribution in [0.2, 0.25) is 0 Å². The Balaban J connectivity index is 1.18. The van der Waals surface area contributed by atoms with E-state index in [1.165, 1.54) is 5.39 Å². The quantitative estimate of drug-likeness (QED) is 0.231. The van der Waals surface area contributed by atoms with Gasteiger partial charge in [-0.1, -0.05) is 109 Å². The van der Waals surface area contributed by atoms with Crippen molar-refractivity contribution in [1.29, 1.82) is 0 Å². The summed E-state index contributed by atoms with van der Waals surface area (Å²) in [5, 5.41) is 8.04. The Morgan fingerprint density at radius 1 is 0.523 bits per heavy atom. The van der Waals surface area contributed by atoms with E-state index < -0.39 is 0 Å². The molecule has 0 spiro atoms.